The Kier molecular flexibility index (Phi) is 3.47. The molecule has 0 amide bonds. The summed E-state index contributed by atoms with van der Waals surface area (Å²) in [6.45, 7) is 0. The summed E-state index contributed by atoms with van der Waals surface area (Å²) in [7, 11) is 1.69. The molecule has 0 saturated heterocycles. The molecule has 2 aromatic rings. The molecular formula is C16H16BrNO. The van der Waals surface area contributed by atoms with Crippen molar-refractivity contribution in [1.82, 2.24) is 0 Å². The van der Waals surface area contributed by atoms with Crippen LogP contribution in [0.15, 0.2) is 46.9 Å². The Morgan fingerprint density at radius 3 is 2.84 bits per heavy atom. The largest absolute Gasteiger partial charge is 0.496 e. The Morgan fingerprint density at radius 2 is 2.11 bits per heavy atom. The van der Waals surface area contributed by atoms with Gasteiger partial charge in [0.25, 0.3) is 0 Å². The van der Waals surface area contributed by atoms with Gasteiger partial charge in [-0.3, -0.25) is 0 Å². The highest BCUT2D eigenvalue weighted by atomic mass is 79.9. The lowest BCUT2D eigenvalue weighted by Gasteiger charge is -2.12. The number of methoxy groups -OCH3 is 1. The smallest absolute Gasteiger partial charge is 0.133 e. The van der Waals surface area contributed by atoms with Crippen molar-refractivity contribution in [1.29, 1.82) is 0 Å². The van der Waals surface area contributed by atoms with Gasteiger partial charge in [0.05, 0.1) is 11.6 Å². The number of benzene rings is 2. The molecule has 19 heavy (non-hydrogen) atoms. The molecule has 0 radical (unpaired) electrons. The van der Waals surface area contributed by atoms with Crippen LogP contribution in [0.1, 0.15) is 11.1 Å². The average molecular weight is 318 g/mol. The summed E-state index contributed by atoms with van der Waals surface area (Å²) in [6.07, 6.45) is 2.12. The van der Waals surface area contributed by atoms with Crippen LogP contribution in [-0.2, 0) is 12.8 Å². The number of nitrogens with one attached hydrogen (secondary N) is 1. The van der Waals surface area contributed by atoms with Gasteiger partial charge in [0.2, 0.25) is 0 Å². The Bertz CT molecular complexity index is 572. The van der Waals surface area contributed by atoms with Crippen LogP contribution in [0.25, 0.3) is 0 Å². The first-order valence-electron chi connectivity index (χ1n) is 6.43. The molecule has 3 heteroatoms. The minimum absolute atomic E-state index is 0.484. The molecule has 98 valence electrons. The van der Waals surface area contributed by atoms with Gasteiger partial charge in [0.15, 0.2) is 0 Å². The third-order valence-corrected chi connectivity index (χ3v) is 4.16. The lowest BCUT2D eigenvalue weighted by molar-refractivity contribution is 0.412. The fourth-order valence-corrected chi connectivity index (χ4v) is 3.21. The fourth-order valence-electron chi connectivity index (χ4n) is 2.62. The molecule has 0 aromatic heterocycles. The van der Waals surface area contributed by atoms with Crippen LogP contribution >= 0.6 is 15.9 Å². The van der Waals surface area contributed by atoms with E-state index in [4.69, 9.17) is 4.74 Å². The highest BCUT2D eigenvalue weighted by molar-refractivity contribution is 9.10. The minimum atomic E-state index is 0.484. The van der Waals surface area contributed by atoms with Crippen LogP contribution < -0.4 is 10.1 Å². The number of halogens is 1. The predicted octanol–water partition coefficient (Wildman–Crippen LogP) is 4.04. The van der Waals surface area contributed by atoms with Gasteiger partial charge in [-0.2, -0.15) is 0 Å². The monoisotopic (exact) mass is 317 g/mol. The average Bonchev–Trinajstić information content (AvgIpc) is 2.81. The zero-order valence-electron chi connectivity index (χ0n) is 10.8. The summed E-state index contributed by atoms with van der Waals surface area (Å²) in [5.74, 6) is 0.881. The van der Waals surface area contributed by atoms with Gasteiger partial charge in [-0.25, -0.2) is 0 Å². The SMILES string of the molecule is COc1ccc(CC2Cc3ccccc3N2)cc1Br. The van der Waals surface area contributed by atoms with Crippen molar-refractivity contribution in [3.05, 3.63) is 58.1 Å². The van der Waals surface area contributed by atoms with Crippen LogP contribution in [-0.4, -0.2) is 13.2 Å². The number of hydrogen-bond donors (Lipinski definition) is 1. The summed E-state index contributed by atoms with van der Waals surface area (Å²) in [6, 6.07) is 15.3. The first-order chi connectivity index (χ1) is 9.26. The number of fused-ring (bicyclic) bond motifs is 1. The maximum atomic E-state index is 5.26. The highest BCUT2D eigenvalue weighted by Crippen LogP contribution is 2.29. The van der Waals surface area contributed by atoms with Gasteiger partial charge >= 0.3 is 0 Å². The van der Waals surface area contributed by atoms with E-state index in [-0.39, 0.29) is 0 Å². The van der Waals surface area contributed by atoms with Gasteiger partial charge in [-0.1, -0.05) is 24.3 Å². The van der Waals surface area contributed by atoms with Crippen LogP contribution in [0.2, 0.25) is 0 Å². The summed E-state index contributed by atoms with van der Waals surface area (Å²) in [5, 5.41) is 3.58. The zero-order valence-corrected chi connectivity index (χ0v) is 12.4. The number of para-hydroxylation sites is 1. The summed E-state index contributed by atoms with van der Waals surface area (Å²) in [4.78, 5) is 0. The van der Waals surface area contributed by atoms with Gasteiger partial charge in [0.1, 0.15) is 5.75 Å². The molecule has 1 aliphatic rings. The Hall–Kier alpha value is -1.48. The minimum Gasteiger partial charge on any atom is -0.496 e. The fraction of sp³-hybridized carbons (Fsp3) is 0.250. The second-order valence-corrected chi connectivity index (χ2v) is 5.73. The van der Waals surface area contributed by atoms with Crippen LogP contribution in [0.3, 0.4) is 0 Å². The van der Waals surface area contributed by atoms with Gasteiger partial charge in [-0.05, 0) is 58.1 Å². The van der Waals surface area contributed by atoms with E-state index in [1.807, 2.05) is 6.07 Å². The predicted molar refractivity (Wildman–Crippen MR) is 82.0 cm³/mol. The van der Waals surface area contributed by atoms with E-state index in [0.29, 0.717) is 6.04 Å². The van der Waals surface area contributed by atoms with Gasteiger partial charge in [0, 0.05) is 11.7 Å². The van der Waals surface area contributed by atoms with E-state index in [0.717, 1.165) is 23.1 Å². The molecule has 1 N–H and O–H groups in total. The second kappa shape index (κ2) is 5.25. The zero-order chi connectivity index (χ0) is 13.2. The lowest BCUT2D eigenvalue weighted by atomic mass is 10.0. The van der Waals surface area contributed by atoms with Crippen molar-refractivity contribution in [2.75, 3.05) is 12.4 Å². The molecule has 2 aromatic carbocycles. The molecule has 1 atom stereocenters. The topological polar surface area (TPSA) is 21.3 Å². The van der Waals surface area contributed by atoms with Crippen molar-refractivity contribution in [3.8, 4) is 5.75 Å². The van der Waals surface area contributed by atoms with Crippen molar-refractivity contribution in [2.45, 2.75) is 18.9 Å². The maximum Gasteiger partial charge on any atom is 0.133 e. The molecule has 0 bridgehead atoms. The van der Waals surface area contributed by atoms with Gasteiger partial charge in [-0.15, -0.1) is 0 Å². The molecule has 2 nitrogen and oxygen atoms in total. The molecule has 1 aliphatic heterocycles. The van der Waals surface area contributed by atoms with E-state index in [1.54, 1.807) is 7.11 Å². The molecule has 0 spiro atoms. The Labute approximate surface area is 121 Å². The van der Waals surface area contributed by atoms with Crippen molar-refractivity contribution in [3.63, 3.8) is 0 Å². The van der Waals surface area contributed by atoms with Crippen molar-refractivity contribution < 1.29 is 4.74 Å². The first kappa shape index (κ1) is 12.5. The van der Waals surface area contributed by atoms with E-state index < -0.39 is 0 Å². The number of hydrogen-bond acceptors (Lipinski definition) is 2. The number of rotatable bonds is 3. The lowest BCUT2D eigenvalue weighted by Crippen LogP contribution is -2.18. The van der Waals surface area contributed by atoms with Crippen molar-refractivity contribution >= 4 is 21.6 Å². The first-order valence-corrected chi connectivity index (χ1v) is 7.22. The van der Waals surface area contributed by atoms with E-state index >= 15 is 0 Å². The van der Waals surface area contributed by atoms with Gasteiger partial charge < -0.3 is 10.1 Å². The summed E-state index contributed by atoms with van der Waals surface area (Å²) >= 11 is 3.54. The quantitative estimate of drug-likeness (QED) is 0.922. The molecule has 1 unspecified atom stereocenters. The molecule has 0 aliphatic carbocycles. The number of anilines is 1. The standard InChI is InChI=1S/C16H16BrNO/c1-19-16-7-6-11(9-14(16)17)8-13-10-12-4-2-3-5-15(12)18-13/h2-7,9,13,18H,8,10H2,1H3. The molecule has 0 saturated carbocycles. The van der Waals surface area contributed by atoms with E-state index in [1.165, 1.54) is 16.8 Å². The molecule has 0 fully saturated rings. The van der Waals surface area contributed by atoms with E-state index in [9.17, 15) is 0 Å². The number of ether oxygens (including phenoxy) is 1. The Morgan fingerprint density at radius 1 is 1.26 bits per heavy atom. The second-order valence-electron chi connectivity index (χ2n) is 4.88. The van der Waals surface area contributed by atoms with Crippen LogP contribution in [0.5, 0.6) is 5.75 Å². The molecular weight excluding hydrogens is 302 g/mol. The van der Waals surface area contributed by atoms with Crippen LogP contribution in [0, 0.1) is 0 Å². The molecule has 3 rings (SSSR count). The van der Waals surface area contributed by atoms with E-state index in [2.05, 4.69) is 57.6 Å². The third kappa shape index (κ3) is 2.61. The maximum absolute atomic E-state index is 5.26. The van der Waals surface area contributed by atoms with Crippen molar-refractivity contribution in [2.24, 2.45) is 0 Å². The Balaban J connectivity index is 1.72. The highest BCUT2D eigenvalue weighted by Gasteiger charge is 2.20. The summed E-state index contributed by atoms with van der Waals surface area (Å²) < 4.78 is 6.27. The molecule has 1 heterocycles. The third-order valence-electron chi connectivity index (χ3n) is 3.54. The van der Waals surface area contributed by atoms with Crippen LogP contribution in [0.4, 0.5) is 5.69 Å². The normalized spacial score (nSPS) is 16.8. The summed E-state index contributed by atoms with van der Waals surface area (Å²) in [5.41, 5.74) is 4.01.